The first-order valence-corrected chi connectivity index (χ1v) is 5.44. The first kappa shape index (κ1) is 11.8. The second kappa shape index (κ2) is 5.59. The molecule has 0 fully saturated rings. The number of ether oxygens (including phenoxy) is 1. The molecule has 0 bridgehead atoms. The maximum Gasteiger partial charge on any atom is 0.0734 e. The molecule has 3 heteroatoms. The van der Waals surface area contributed by atoms with Crippen LogP contribution < -0.4 is 0 Å². The first-order chi connectivity index (χ1) is 6.63. The van der Waals surface area contributed by atoms with E-state index in [0.29, 0.717) is 16.7 Å². The van der Waals surface area contributed by atoms with Crippen molar-refractivity contribution in [2.45, 2.75) is 33.0 Å². The Bertz CT molecular complexity index is 299. The predicted molar refractivity (Wildman–Crippen MR) is 61.0 cm³/mol. The van der Waals surface area contributed by atoms with Crippen LogP contribution in [0.2, 0.25) is 10.0 Å². The van der Waals surface area contributed by atoms with Gasteiger partial charge in [0.2, 0.25) is 0 Å². The Morgan fingerprint density at radius 2 is 2.07 bits per heavy atom. The lowest BCUT2D eigenvalue weighted by Gasteiger charge is -2.11. The summed E-state index contributed by atoms with van der Waals surface area (Å²) in [4.78, 5) is 0. The van der Waals surface area contributed by atoms with Crippen LogP contribution in [0.3, 0.4) is 0 Å². The molecule has 0 aliphatic rings. The molecule has 0 saturated carbocycles. The molecule has 0 saturated heterocycles. The van der Waals surface area contributed by atoms with Crippen LogP contribution in [0, 0.1) is 0 Å². The number of benzene rings is 1. The summed E-state index contributed by atoms with van der Waals surface area (Å²) in [6.07, 6.45) is 1.27. The molecule has 0 amide bonds. The van der Waals surface area contributed by atoms with E-state index >= 15 is 0 Å². The number of hydrogen-bond donors (Lipinski definition) is 0. The van der Waals surface area contributed by atoms with Crippen LogP contribution >= 0.6 is 23.2 Å². The summed E-state index contributed by atoms with van der Waals surface area (Å²) in [5.41, 5.74) is 0.983. The van der Waals surface area contributed by atoms with Crippen LogP contribution in [0.5, 0.6) is 0 Å². The van der Waals surface area contributed by atoms with Gasteiger partial charge in [-0.3, -0.25) is 0 Å². The fraction of sp³-hybridized carbons (Fsp3) is 0.455. The fourth-order valence-electron chi connectivity index (χ4n) is 0.989. The molecule has 0 radical (unpaired) electrons. The van der Waals surface area contributed by atoms with Crippen LogP contribution in [0.15, 0.2) is 18.2 Å². The van der Waals surface area contributed by atoms with Gasteiger partial charge in [-0.1, -0.05) is 36.2 Å². The molecule has 14 heavy (non-hydrogen) atoms. The van der Waals surface area contributed by atoms with E-state index in [4.69, 9.17) is 27.9 Å². The van der Waals surface area contributed by atoms with Gasteiger partial charge in [0.15, 0.2) is 0 Å². The molecule has 0 aliphatic heterocycles. The minimum Gasteiger partial charge on any atom is -0.374 e. The van der Waals surface area contributed by atoms with Crippen LogP contribution in [-0.2, 0) is 11.3 Å². The Labute approximate surface area is 95.0 Å². The summed E-state index contributed by atoms with van der Waals surface area (Å²) in [7, 11) is 0. The van der Waals surface area contributed by atoms with E-state index in [1.54, 1.807) is 6.07 Å². The average Bonchev–Trinajstić information content (AvgIpc) is 2.16. The van der Waals surface area contributed by atoms with Crippen molar-refractivity contribution in [1.82, 2.24) is 0 Å². The van der Waals surface area contributed by atoms with Gasteiger partial charge in [-0.25, -0.2) is 0 Å². The van der Waals surface area contributed by atoms with E-state index < -0.39 is 0 Å². The highest BCUT2D eigenvalue weighted by Crippen LogP contribution is 2.22. The first-order valence-electron chi connectivity index (χ1n) is 4.69. The van der Waals surface area contributed by atoms with Gasteiger partial charge in [-0.05, 0) is 31.0 Å². The molecule has 1 aromatic carbocycles. The van der Waals surface area contributed by atoms with Crippen molar-refractivity contribution in [3.63, 3.8) is 0 Å². The summed E-state index contributed by atoms with van der Waals surface area (Å²) in [5, 5.41) is 1.32. The quantitative estimate of drug-likeness (QED) is 0.752. The van der Waals surface area contributed by atoms with E-state index in [0.717, 1.165) is 12.0 Å². The van der Waals surface area contributed by atoms with Crippen LogP contribution in [0.25, 0.3) is 0 Å². The molecule has 1 rings (SSSR count). The van der Waals surface area contributed by atoms with Crippen molar-refractivity contribution < 1.29 is 4.74 Å². The summed E-state index contributed by atoms with van der Waals surface area (Å²) in [6.45, 7) is 4.68. The zero-order chi connectivity index (χ0) is 10.6. The third-order valence-corrected chi connectivity index (χ3v) is 2.70. The van der Waals surface area contributed by atoms with Gasteiger partial charge in [-0.15, -0.1) is 0 Å². The van der Waals surface area contributed by atoms with Crippen molar-refractivity contribution in [3.05, 3.63) is 33.8 Å². The maximum atomic E-state index is 5.99. The molecule has 1 nitrogen and oxygen atoms in total. The van der Waals surface area contributed by atoms with Gasteiger partial charge in [0, 0.05) is 10.0 Å². The van der Waals surface area contributed by atoms with Crippen molar-refractivity contribution in [2.24, 2.45) is 0 Å². The van der Waals surface area contributed by atoms with Crippen LogP contribution in [0.1, 0.15) is 25.8 Å². The monoisotopic (exact) mass is 232 g/mol. The number of rotatable bonds is 4. The molecule has 0 aromatic heterocycles. The number of halogens is 2. The molecule has 0 aliphatic carbocycles. The van der Waals surface area contributed by atoms with Gasteiger partial charge in [0.05, 0.1) is 12.7 Å². The molecule has 78 valence electrons. The molecule has 0 N–H and O–H groups in total. The van der Waals surface area contributed by atoms with Crippen molar-refractivity contribution in [2.75, 3.05) is 0 Å². The summed E-state index contributed by atoms with van der Waals surface area (Å²) in [6, 6.07) is 5.45. The molecular weight excluding hydrogens is 219 g/mol. The van der Waals surface area contributed by atoms with Crippen LogP contribution in [0.4, 0.5) is 0 Å². The lowest BCUT2D eigenvalue weighted by Crippen LogP contribution is -2.06. The molecule has 0 heterocycles. The Hall–Kier alpha value is -0.240. The van der Waals surface area contributed by atoms with Gasteiger partial charge < -0.3 is 4.74 Å². The number of hydrogen-bond acceptors (Lipinski definition) is 1. The Morgan fingerprint density at radius 3 is 2.64 bits per heavy atom. The lowest BCUT2D eigenvalue weighted by atomic mass is 10.2. The third-order valence-electron chi connectivity index (χ3n) is 2.11. The molecule has 1 unspecified atom stereocenters. The highest BCUT2D eigenvalue weighted by atomic mass is 35.5. The summed E-state index contributed by atoms with van der Waals surface area (Å²) >= 11 is 11.8. The Morgan fingerprint density at radius 1 is 1.36 bits per heavy atom. The van der Waals surface area contributed by atoms with Crippen LogP contribution in [-0.4, -0.2) is 6.10 Å². The fourth-order valence-corrected chi connectivity index (χ4v) is 1.45. The smallest absolute Gasteiger partial charge is 0.0734 e. The molecule has 0 spiro atoms. The van der Waals surface area contributed by atoms with Crippen molar-refractivity contribution >= 4 is 23.2 Å². The Balaban J connectivity index is 2.59. The minimum atomic E-state index is 0.266. The minimum absolute atomic E-state index is 0.266. The Kier molecular flexibility index (Phi) is 4.73. The zero-order valence-electron chi connectivity index (χ0n) is 8.39. The lowest BCUT2D eigenvalue weighted by molar-refractivity contribution is 0.0509. The van der Waals surface area contributed by atoms with Gasteiger partial charge >= 0.3 is 0 Å². The van der Waals surface area contributed by atoms with Crippen molar-refractivity contribution in [3.8, 4) is 0 Å². The highest BCUT2D eigenvalue weighted by molar-refractivity contribution is 6.35. The average molecular weight is 233 g/mol. The van der Waals surface area contributed by atoms with E-state index in [1.165, 1.54) is 0 Å². The normalized spacial score (nSPS) is 12.9. The van der Waals surface area contributed by atoms with Gasteiger partial charge in [0.25, 0.3) is 0 Å². The van der Waals surface area contributed by atoms with E-state index in [2.05, 4.69) is 6.92 Å². The topological polar surface area (TPSA) is 9.23 Å². The predicted octanol–water partition coefficient (Wildman–Crippen LogP) is 4.31. The largest absolute Gasteiger partial charge is 0.374 e. The van der Waals surface area contributed by atoms with Gasteiger partial charge in [0.1, 0.15) is 0 Å². The molecule has 1 atom stereocenters. The molecule has 1 aromatic rings. The van der Waals surface area contributed by atoms with Gasteiger partial charge in [-0.2, -0.15) is 0 Å². The third kappa shape index (κ3) is 3.49. The van der Waals surface area contributed by atoms with E-state index in [9.17, 15) is 0 Å². The van der Waals surface area contributed by atoms with Crippen molar-refractivity contribution in [1.29, 1.82) is 0 Å². The maximum absolute atomic E-state index is 5.99. The van der Waals surface area contributed by atoms with E-state index in [-0.39, 0.29) is 6.10 Å². The highest BCUT2D eigenvalue weighted by Gasteiger charge is 2.03. The molecular formula is C11H14Cl2O. The summed E-state index contributed by atoms with van der Waals surface area (Å²) in [5.74, 6) is 0. The van der Waals surface area contributed by atoms with E-state index in [1.807, 2.05) is 19.1 Å². The standard InChI is InChI=1S/C11H14Cl2O/c1-3-8(2)14-7-9-4-5-10(12)6-11(9)13/h4-6,8H,3,7H2,1-2H3. The second-order valence-electron chi connectivity index (χ2n) is 3.27. The SMILES string of the molecule is CCC(C)OCc1ccc(Cl)cc1Cl. The summed E-state index contributed by atoms with van der Waals surface area (Å²) < 4.78 is 5.57. The zero-order valence-corrected chi connectivity index (χ0v) is 9.90. The second-order valence-corrected chi connectivity index (χ2v) is 4.11.